The number of amidine groups is 1. The summed E-state index contributed by atoms with van der Waals surface area (Å²) in [6, 6.07) is 10.3. The molecule has 0 radical (unpaired) electrons. The molecule has 1 amide bonds. The van der Waals surface area contributed by atoms with Gasteiger partial charge in [-0.3, -0.25) is 4.79 Å². The summed E-state index contributed by atoms with van der Waals surface area (Å²) in [5.74, 6) is -0.235. The van der Waals surface area contributed by atoms with Gasteiger partial charge in [-0.05, 0) is 48.2 Å². The van der Waals surface area contributed by atoms with Crippen molar-refractivity contribution in [2.75, 3.05) is 19.1 Å². The van der Waals surface area contributed by atoms with Crippen molar-refractivity contribution in [1.29, 1.82) is 0 Å². The molecule has 2 aromatic carbocycles. The third kappa shape index (κ3) is 3.82. The minimum Gasteiger partial charge on any atom is -0.504 e. The zero-order valence-corrected chi connectivity index (χ0v) is 16.2. The Kier molecular flexibility index (Phi) is 5.46. The highest BCUT2D eigenvalue weighted by atomic mass is 35.5. The number of nitrogens with zero attached hydrogens (tertiary/aromatic N) is 2. The van der Waals surface area contributed by atoms with E-state index < -0.39 is 0 Å². The van der Waals surface area contributed by atoms with Crippen molar-refractivity contribution in [2.45, 2.75) is 0 Å². The molecule has 1 aliphatic rings. The second kappa shape index (κ2) is 7.61. The smallest absolute Gasteiger partial charge is 0.286 e. The Morgan fingerprint density at radius 3 is 2.54 bits per heavy atom. The second-order valence-corrected chi connectivity index (χ2v) is 7.27. The zero-order valence-electron chi connectivity index (χ0n) is 13.9. The molecule has 26 heavy (non-hydrogen) atoms. The number of carbonyl (C=O) groups is 1. The van der Waals surface area contributed by atoms with Crippen LogP contribution in [0.3, 0.4) is 0 Å². The molecule has 0 atom stereocenters. The molecule has 8 heteroatoms. The molecule has 3 rings (SSSR count). The van der Waals surface area contributed by atoms with Gasteiger partial charge in [0.1, 0.15) is 0 Å². The number of phenols is 1. The predicted octanol–water partition coefficient (Wildman–Crippen LogP) is 4.81. The van der Waals surface area contributed by atoms with Crippen LogP contribution >= 0.6 is 35.0 Å². The molecular formula is C18H14Cl2N2O3S. The highest BCUT2D eigenvalue weighted by Crippen LogP contribution is 2.38. The van der Waals surface area contributed by atoms with E-state index in [1.165, 1.54) is 24.9 Å². The van der Waals surface area contributed by atoms with E-state index in [1.807, 2.05) is 19.2 Å². The SMILES string of the molecule is COc1cc(Cl)cc(/C=C2\SC(N(C)c3ccc(Cl)cc3)=NC2=O)c1O. The largest absolute Gasteiger partial charge is 0.504 e. The van der Waals surface area contributed by atoms with E-state index in [0.29, 0.717) is 25.7 Å². The van der Waals surface area contributed by atoms with Crippen LogP contribution < -0.4 is 9.64 Å². The highest BCUT2D eigenvalue weighted by Gasteiger charge is 2.26. The van der Waals surface area contributed by atoms with Crippen LogP contribution in [-0.2, 0) is 4.79 Å². The van der Waals surface area contributed by atoms with Crippen LogP contribution in [0, 0.1) is 0 Å². The molecule has 134 valence electrons. The Morgan fingerprint density at radius 2 is 1.88 bits per heavy atom. The fourth-order valence-corrected chi connectivity index (χ4v) is 3.55. The van der Waals surface area contributed by atoms with E-state index >= 15 is 0 Å². The molecule has 0 spiro atoms. The van der Waals surface area contributed by atoms with Crippen LogP contribution in [0.5, 0.6) is 11.5 Å². The number of hydrogen-bond donors (Lipinski definition) is 1. The quantitative estimate of drug-likeness (QED) is 0.737. The summed E-state index contributed by atoms with van der Waals surface area (Å²) in [5.41, 5.74) is 1.23. The van der Waals surface area contributed by atoms with Crippen molar-refractivity contribution in [3.8, 4) is 11.5 Å². The van der Waals surface area contributed by atoms with Gasteiger partial charge in [0.2, 0.25) is 0 Å². The molecule has 2 aromatic rings. The Bertz CT molecular complexity index is 927. The maximum atomic E-state index is 12.3. The van der Waals surface area contributed by atoms with Gasteiger partial charge in [0.25, 0.3) is 5.91 Å². The monoisotopic (exact) mass is 408 g/mol. The maximum absolute atomic E-state index is 12.3. The van der Waals surface area contributed by atoms with Gasteiger partial charge in [-0.1, -0.05) is 23.2 Å². The van der Waals surface area contributed by atoms with E-state index in [0.717, 1.165) is 5.69 Å². The van der Waals surface area contributed by atoms with Crippen molar-refractivity contribution in [3.05, 3.63) is 56.9 Å². The predicted molar refractivity (Wildman–Crippen MR) is 108 cm³/mol. The first kappa shape index (κ1) is 18.6. The van der Waals surface area contributed by atoms with E-state index in [9.17, 15) is 9.90 Å². The molecule has 0 saturated carbocycles. The summed E-state index contributed by atoms with van der Waals surface area (Å²) >= 11 is 13.1. The number of methoxy groups -OCH3 is 1. The summed E-state index contributed by atoms with van der Waals surface area (Å²) in [4.78, 5) is 18.5. The molecule has 5 nitrogen and oxygen atoms in total. The topological polar surface area (TPSA) is 62.1 Å². The lowest BCUT2D eigenvalue weighted by Gasteiger charge is -2.17. The molecule has 0 saturated heterocycles. The van der Waals surface area contributed by atoms with Gasteiger partial charge in [-0.15, -0.1) is 0 Å². The Morgan fingerprint density at radius 1 is 1.19 bits per heavy atom. The number of aliphatic imine (C=N–C) groups is 1. The molecule has 0 unspecified atom stereocenters. The van der Waals surface area contributed by atoms with Crippen molar-refractivity contribution < 1.29 is 14.6 Å². The number of amides is 1. The first-order chi connectivity index (χ1) is 12.4. The summed E-state index contributed by atoms with van der Waals surface area (Å²) in [6.45, 7) is 0. The average Bonchev–Trinajstić information content (AvgIpc) is 2.98. The standard InChI is InChI=1S/C18H14Cl2N2O3S/c1-22(13-5-3-11(19)4-6-13)18-21-17(24)15(26-18)8-10-7-12(20)9-14(25-2)16(10)23/h3-9,23H,1-2H3/b15-8-. The number of aromatic hydroxyl groups is 1. The molecule has 1 N–H and O–H groups in total. The van der Waals surface area contributed by atoms with Crippen LogP contribution in [0.1, 0.15) is 5.56 Å². The van der Waals surface area contributed by atoms with Gasteiger partial charge >= 0.3 is 0 Å². The summed E-state index contributed by atoms with van der Waals surface area (Å²) in [7, 11) is 3.24. The van der Waals surface area contributed by atoms with Crippen molar-refractivity contribution in [1.82, 2.24) is 0 Å². The number of benzene rings is 2. The molecule has 1 aliphatic heterocycles. The lowest BCUT2D eigenvalue weighted by atomic mass is 10.1. The number of carbonyl (C=O) groups excluding carboxylic acids is 1. The maximum Gasteiger partial charge on any atom is 0.286 e. The van der Waals surface area contributed by atoms with Crippen LogP contribution in [0.25, 0.3) is 6.08 Å². The number of thioether (sulfide) groups is 1. The number of halogens is 2. The summed E-state index contributed by atoms with van der Waals surface area (Å²) in [5, 5.41) is 11.8. The van der Waals surface area contributed by atoms with Crippen LogP contribution in [0.4, 0.5) is 5.69 Å². The lowest BCUT2D eigenvalue weighted by Crippen LogP contribution is -2.21. The van der Waals surface area contributed by atoms with Crippen molar-refractivity contribution in [3.63, 3.8) is 0 Å². The molecule has 0 bridgehead atoms. The average molecular weight is 409 g/mol. The minimum absolute atomic E-state index is 0.0858. The minimum atomic E-state index is -0.385. The van der Waals surface area contributed by atoms with Gasteiger partial charge in [-0.25, -0.2) is 0 Å². The van der Waals surface area contributed by atoms with Crippen molar-refractivity contribution in [2.24, 2.45) is 4.99 Å². The van der Waals surface area contributed by atoms with Gasteiger partial charge in [-0.2, -0.15) is 4.99 Å². The summed E-state index contributed by atoms with van der Waals surface area (Å²) < 4.78 is 5.08. The lowest BCUT2D eigenvalue weighted by molar-refractivity contribution is -0.113. The number of ether oxygens (including phenoxy) is 1. The van der Waals surface area contributed by atoms with E-state index in [-0.39, 0.29) is 17.4 Å². The van der Waals surface area contributed by atoms with Crippen LogP contribution in [0.2, 0.25) is 10.0 Å². The first-order valence-corrected chi connectivity index (χ1v) is 9.04. The van der Waals surface area contributed by atoms with Gasteiger partial charge in [0.15, 0.2) is 16.7 Å². The van der Waals surface area contributed by atoms with Gasteiger partial charge in [0, 0.05) is 34.4 Å². The molecule has 0 aromatic heterocycles. The first-order valence-electron chi connectivity index (χ1n) is 7.47. The normalized spacial score (nSPS) is 15.3. The Balaban J connectivity index is 1.87. The third-order valence-electron chi connectivity index (χ3n) is 3.69. The fraction of sp³-hybridized carbons (Fsp3) is 0.111. The van der Waals surface area contributed by atoms with Gasteiger partial charge < -0.3 is 14.7 Å². The fourth-order valence-electron chi connectivity index (χ4n) is 2.32. The van der Waals surface area contributed by atoms with E-state index in [4.69, 9.17) is 27.9 Å². The van der Waals surface area contributed by atoms with Crippen LogP contribution in [-0.4, -0.2) is 30.3 Å². The van der Waals surface area contributed by atoms with Crippen LogP contribution in [0.15, 0.2) is 46.3 Å². The summed E-state index contributed by atoms with van der Waals surface area (Å²) in [6.07, 6.45) is 1.54. The van der Waals surface area contributed by atoms with E-state index in [2.05, 4.69) is 4.99 Å². The zero-order chi connectivity index (χ0) is 18.8. The molecule has 0 aliphatic carbocycles. The highest BCUT2D eigenvalue weighted by molar-refractivity contribution is 8.18. The molecule has 1 heterocycles. The number of hydrogen-bond acceptors (Lipinski definition) is 5. The number of phenolic OH excluding ortho intramolecular Hbond substituents is 1. The molecule has 0 fully saturated rings. The number of anilines is 1. The second-order valence-electron chi connectivity index (χ2n) is 5.39. The van der Waals surface area contributed by atoms with Crippen molar-refractivity contribution >= 4 is 57.8 Å². The Labute approximate surface area is 164 Å². The van der Waals surface area contributed by atoms with Gasteiger partial charge in [0.05, 0.1) is 12.0 Å². The third-order valence-corrected chi connectivity index (χ3v) is 5.22. The van der Waals surface area contributed by atoms with E-state index in [1.54, 1.807) is 29.2 Å². The molecular weight excluding hydrogens is 395 g/mol. The Hall–Kier alpha value is -2.15. The number of rotatable bonds is 3.